The molecule has 0 saturated carbocycles. The standard InChI is InChI=1S/C19H28N4O3.2ClH/c20-17(15-4-2-1-3-5-15)13-18(24)21-16-12-19(25)23(14-16)7-6-22-8-10-26-11-9-22;;/h1-5,16-17H,6-14,20H2,(H,21,24);2*1H. The van der Waals surface area contributed by atoms with Gasteiger partial charge in [-0.2, -0.15) is 0 Å². The zero-order valence-corrected chi connectivity index (χ0v) is 17.6. The van der Waals surface area contributed by atoms with Crippen molar-refractivity contribution in [1.29, 1.82) is 0 Å². The minimum Gasteiger partial charge on any atom is -0.379 e. The number of ether oxygens (including phenoxy) is 1. The molecule has 2 aliphatic rings. The number of nitrogens with zero attached hydrogens (tertiary/aromatic N) is 2. The molecular formula is C19H30Cl2N4O3. The molecule has 2 amide bonds. The first-order valence-electron chi connectivity index (χ1n) is 9.29. The average Bonchev–Trinajstić information content (AvgIpc) is 3.00. The first-order valence-corrected chi connectivity index (χ1v) is 9.29. The quantitative estimate of drug-likeness (QED) is 0.669. The fraction of sp³-hybridized carbons (Fsp3) is 0.579. The van der Waals surface area contributed by atoms with Crippen LogP contribution in [0.3, 0.4) is 0 Å². The Balaban J connectivity index is 0.00000196. The summed E-state index contributed by atoms with van der Waals surface area (Å²) in [7, 11) is 0. The fourth-order valence-electron chi connectivity index (χ4n) is 3.48. The number of halogens is 2. The zero-order valence-electron chi connectivity index (χ0n) is 15.9. The van der Waals surface area contributed by atoms with E-state index in [1.54, 1.807) is 0 Å². The van der Waals surface area contributed by atoms with Crippen LogP contribution in [0.2, 0.25) is 0 Å². The Labute approximate surface area is 178 Å². The van der Waals surface area contributed by atoms with Gasteiger partial charge in [0.2, 0.25) is 11.8 Å². The molecule has 0 radical (unpaired) electrons. The maximum Gasteiger partial charge on any atom is 0.224 e. The highest BCUT2D eigenvalue weighted by molar-refractivity contribution is 5.85. The number of benzene rings is 1. The normalized spacial score (nSPS) is 20.8. The van der Waals surface area contributed by atoms with Gasteiger partial charge in [0.1, 0.15) is 0 Å². The van der Waals surface area contributed by atoms with E-state index in [4.69, 9.17) is 10.5 Å². The zero-order chi connectivity index (χ0) is 18.4. The summed E-state index contributed by atoms with van der Waals surface area (Å²) in [6.45, 7) is 5.49. The van der Waals surface area contributed by atoms with Gasteiger partial charge in [0.15, 0.2) is 0 Å². The van der Waals surface area contributed by atoms with E-state index in [2.05, 4.69) is 10.2 Å². The van der Waals surface area contributed by atoms with E-state index in [9.17, 15) is 9.59 Å². The SMILES string of the molecule is Cl.Cl.NC(CC(=O)NC1CC(=O)N(CCN2CCOCC2)C1)c1ccccc1. The monoisotopic (exact) mass is 432 g/mol. The first kappa shape index (κ1) is 24.7. The van der Waals surface area contributed by atoms with E-state index >= 15 is 0 Å². The van der Waals surface area contributed by atoms with Crippen molar-refractivity contribution in [1.82, 2.24) is 15.1 Å². The third-order valence-electron chi connectivity index (χ3n) is 5.00. The van der Waals surface area contributed by atoms with Crippen molar-refractivity contribution in [3.8, 4) is 0 Å². The predicted molar refractivity (Wildman–Crippen MR) is 113 cm³/mol. The summed E-state index contributed by atoms with van der Waals surface area (Å²) in [6, 6.07) is 9.14. The van der Waals surface area contributed by atoms with Gasteiger partial charge in [-0.3, -0.25) is 14.5 Å². The summed E-state index contributed by atoms with van der Waals surface area (Å²) >= 11 is 0. The molecule has 7 nitrogen and oxygen atoms in total. The van der Waals surface area contributed by atoms with Crippen molar-refractivity contribution in [3.05, 3.63) is 35.9 Å². The molecule has 2 heterocycles. The van der Waals surface area contributed by atoms with Crippen LogP contribution < -0.4 is 11.1 Å². The van der Waals surface area contributed by atoms with Gasteiger partial charge in [-0.25, -0.2) is 0 Å². The Morgan fingerprint density at radius 2 is 1.86 bits per heavy atom. The molecule has 2 saturated heterocycles. The van der Waals surface area contributed by atoms with Gasteiger partial charge in [-0.15, -0.1) is 24.8 Å². The largest absolute Gasteiger partial charge is 0.379 e. The van der Waals surface area contributed by atoms with Crippen LogP contribution in [0.15, 0.2) is 30.3 Å². The minimum absolute atomic E-state index is 0. The lowest BCUT2D eigenvalue weighted by molar-refractivity contribution is -0.128. The Morgan fingerprint density at radius 3 is 2.54 bits per heavy atom. The highest BCUT2D eigenvalue weighted by Gasteiger charge is 2.31. The maximum absolute atomic E-state index is 12.3. The molecule has 0 aromatic heterocycles. The van der Waals surface area contributed by atoms with Crippen molar-refractivity contribution in [2.45, 2.75) is 24.9 Å². The number of carbonyl (C=O) groups is 2. The van der Waals surface area contributed by atoms with Gasteiger partial charge in [0, 0.05) is 51.6 Å². The summed E-state index contributed by atoms with van der Waals surface area (Å²) < 4.78 is 5.34. The summed E-state index contributed by atoms with van der Waals surface area (Å²) in [5.41, 5.74) is 7.04. The van der Waals surface area contributed by atoms with Crippen LogP contribution in [0.1, 0.15) is 24.4 Å². The predicted octanol–water partition coefficient (Wildman–Crippen LogP) is 0.969. The van der Waals surface area contributed by atoms with Crippen molar-refractivity contribution in [3.63, 3.8) is 0 Å². The van der Waals surface area contributed by atoms with E-state index in [1.807, 2.05) is 35.2 Å². The highest BCUT2D eigenvalue weighted by Crippen LogP contribution is 2.15. The number of nitrogens with one attached hydrogen (secondary N) is 1. The molecule has 158 valence electrons. The summed E-state index contributed by atoms with van der Waals surface area (Å²) in [4.78, 5) is 28.6. The third-order valence-corrected chi connectivity index (χ3v) is 5.00. The van der Waals surface area contributed by atoms with Gasteiger partial charge in [0.25, 0.3) is 0 Å². The number of carbonyl (C=O) groups excluding carboxylic acids is 2. The van der Waals surface area contributed by atoms with Crippen LogP contribution in [0.5, 0.6) is 0 Å². The van der Waals surface area contributed by atoms with Crippen LogP contribution in [0, 0.1) is 0 Å². The molecule has 2 fully saturated rings. The van der Waals surface area contributed by atoms with E-state index in [-0.39, 0.29) is 55.1 Å². The van der Waals surface area contributed by atoms with Crippen molar-refractivity contribution < 1.29 is 14.3 Å². The number of nitrogens with two attached hydrogens (primary N) is 1. The maximum atomic E-state index is 12.3. The lowest BCUT2D eigenvalue weighted by atomic mass is 10.0. The second-order valence-electron chi connectivity index (χ2n) is 6.98. The number of morpholine rings is 1. The Morgan fingerprint density at radius 1 is 1.18 bits per heavy atom. The lowest BCUT2D eigenvalue weighted by Crippen LogP contribution is -2.43. The van der Waals surface area contributed by atoms with E-state index in [1.165, 1.54) is 0 Å². The second-order valence-corrected chi connectivity index (χ2v) is 6.98. The van der Waals surface area contributed by atoms with Crippen LogP contribution >= 0.6 is 24.8 Å². The number of likely N-dealkylation sites (tertiary alicyclic amines) is 1. The topological polar surface area (TPSA) is 87.9 Å². The second kappa shape index (κ2) is 12.2. The van der Waals surface area contributed by atoms with Crippen LogP contribution in [-0.2, 0) is 14.3 Å². The molecule has 3 rings (SSSR count). The summed E-state index contributed by atoms with van der Waals surface area (Å²) in [5, 5.41) is 2.96. The van der Waals surface area contributed by atoms with Gasteiger partial charge in [-0.1, -0.05) is 30.3 Å². The molecule has 0 aliphatic carbocycles. The Hall–Kier alpha value is -1.38. The number of hydrogen-bond donors (Lipinski definition) is 2. The molecule has 2 aliphatic heterocycles. The molecule has 0 spiro atoms. The Bertz CT molecular complexity index is 614. The van der Waals surface area contributed by atoms with Crippen molar-refractivity contribution in [2.75, 3.05) is 45.9 Å². The lowest BCUT2D eigenvalue weighted by Gasteiger charge is -2.28. The van der Waals surface area contributed by atoms with Gasteiger partial charge >= 0.3 is 0 Å². The molecule has 0 bridgehead atoms. The molecule has 2 atom stereocenters. The molecule has 3 N–H and O–H groups in total. The van der Waals surface area contributed by atoms with E-state index in [0.29, 0.717) is 19.5 Å². The van der Waals surface area contributed by atoms with Crippen molar-refractivity contribution >= 4 is 36.6 Å². The van der Waals surface area contributed by atoms with Crippen LogP contribution in [0.4, 0.5) is 0 Å². The number of amides is 2. The molecule has 9 heteroatoms. The smallest absolute Gasteiger partial charge is 0.224 e. The molecule has 1 aromatic rings. The fourth-order valence-corrected chi connectivity index (χ4v) is 3.48. The molecular weight excluding hydrogens is 403 g/mol. The molecule has 1 aromatic carbocycles. The van der Waals surface area contributed by atoms with Crippen LogP contribution in [-0.4, -0.2) is 73.6 Å². The number of rotatable bonds is 7. The van der Waals surface area contributed by atoms with Crippen LogP contribution in [0.25, 0.3) is 0 Å². The molecule has 2 unspecified atom stereocenters. The highest BCUT2D eigenvalue weighted by atomic mass is 35.5. The average molecular weight is 433 g/mol. The first-order chi connectivity index (χ1) is 12.6. The van der Waals surface area contributed by atoms with Crippen molar-refractivity contribution in [2.24, 2.45) is 5.73 Å². The summed E-state index contributed by atoms with van der Waals surface area (Å²) in [6.07, 6.45) is 0.595. The van der Waals surface area contributed by atoms with E-state index in [0.717, 1.165) is 38.4 Å². The third kappa shape index (κ3) is 7.22. The Kier molecular flexibility index (Phi) is 10.8. The number of hydrogen-bond acceptors (Lipinski definition) is 5. The minimum atomic E-state index is -0.328. The van der Waals surface area contributed by atoms with Gasteiger partial charge in [0.05, 0.1) is 19.3 Å². The van der Waals surface area contributed by atoms with Gasteiger partial charge in [-0.05, 0) is 5.56 Å². The van der Waals surface area contributed by atoms with E-state index < -0.39 is 0 Å². The summed E-state index contributed by atoms with van der Waals surface area (Å²) in [5.74, 6) is 0.00472. The van der Waals surface area contributed by atoms with Gasteiger partial charge < -0.3 is 20.7 Å². The molecule has 28 heavy (non-hydrogen) atoms.